The van der Waals surface area contributed by atoms with E-state index < -0.39 is 0 Å². The van der Waals surface area contributed by atoms with Gasteiger partial charge < -0.3 is 14.2 Å². The SMILES string of the molecule is c1nc2c([nH]1)CNC(c1nc(CC3CCCCO3)no1)C2. The molecule has 1 saturated heterocycles. The number of H-pyrrole nitrogens is 1. The average molecular weight is 289 g/mol. The van der Waals surface area contributed by atoms with Crippen LogP contribution in [0.2, 0.25) is 0 Å². The minimum Gasteiger partial charge on any atom is -0.378 e. The molecule has 0 aliphatic carbocycles. The summed E-state index contributed by atoms with van der Waals surface area (Å²) in [7, 11) is 0. The molecular weight excluding hydrogens is 270 g/mol. The lowest BCUT2D eigenvalue weighted by molar-refractivity contribution is 0.0153. The van der Waals surface area contributed by atoms with Crippen LogP contribution in [0.5, 0.6) is 0 Å². The molecule has 0 spiro atoms. The normalized spacial score (nSPS) is 25.7. The van der Waals surface area contributed by atoms with Gasteiger partial charge in [-0.1, -0.05) is 5.16 Å². The van der Waals surface area contributed by atoms with Gasteiger partial charge in [0, 0.05) is 26.0 Å². The Labute approximate surface area is 122 Å². The zero-order valence-electron chi connectivity index (χ0n) is 11.8. The first kappa shape index (κ1) is 13.0. The van der Waals surface area contributed by atoms with Gasteiger partial charge in [-0.25, -0.2) is 4.98 Å². The highest BCUT2D eigenvalue weighted by Gasteiger charge is 2.26. The van der Waals surface area contributed by atoms with Crippen molar-refractivity contribution in [3.63, 3.8) is 0 Å². The van der Waals surface area contributed by atoms with Crippen LogP contribution in [0.25, 0.3) is 0 Å². The van der Waals surface area contributed by atoms with Crippen molar-refractivity contribution in [2.24, 2.45) is 0 Å². The number of ether oxygens (including phenoxy) is 1. The van der Waals surface area contributed by atoms with E-state index >= 15 is 0 Å². The number of hydrogen-bond donors (Lipinski definition) is 2. The van der Waals surface area contributed by atoms with Gasteiger partial charge in [0.05, 0.1) is 29.9 Å². The second-order valence-corrected chi connectivity index (χ2v) is 5.71. The molecule has 4 rings (SSSR count). The van der Waals surface area contributed by atoms with Crippen molar-refractivity contribution >= 4 is 0 Å². The van der Waals surface area contributed by atoms with Crippen LogP contribution >= 0.6 is 0 Å². The Morgan fingerprint density at radius 1 is 1.33 bits per heavy atom. The fourth-order valence-corrected chi connectivity index (χ4v) is 3.01. The molecule has 2 N–H and O–H groups in total. The molecule has 4 heterocycles. The first-order chi connectivity index (χ1) is 10.4. The molecule has 0 amide bonds. The second-order valence-electron chi connectivity index (χ2n) is 5.71. The summed E-state index contributed by atoms with van der Waals surface area (Å²) < 4.78 is 11.1. The molecule has 2 aromatic heterocycles. The standard InChI is InChI=1S/C14H19N5O2/c1-2-4-20-9(3-1)5-13-18-14(21-19-13)11-6-10-12(7-15-11)17-8-16-10/h8-9,11,15H,1-7H2,(H,16,17). The second kappa shape index (κ2) is 5.57. The van der Waals surface area contributed by atoms with Crippen LogP contribution in [-0.4, -0.2) is 32.8 Å². The zero-order chi connectivity index (χ0) is 14.1. The minimum atomic E-state index is 0.0503. The first-order valence-corrected chi connectivity index (χ1v) is 7.57. The molecule has 2 atom stereocenters. The Hall–Kier alpha value is -1.73. The molecule has 7 heteroatoms. The molecular formula is C14H19N5O2. The van der Waals surface area contributed by atoms with Gasteiger partial charge in [-0.3, -0.25) is 5.32 Å². The highest BCUT2D eigenvalue weighted by atomic mass is 16.5. The topological polar surface area (TPSA) is 88.9 Å². The lowest BCUT2D eigenvalue weighted by atomic mass is 10.1. The van der Waals surface area contributed by atoms with Crippen molar-refractivity contribution in [1.82, 2.24) is 25.4 Å². The maximum absolute atomic E-state index is 5.72. The van der Waals surface area contributed by atoms with E-state index in [9.17, 15) is 0 Å². The lowest BCUT2D eigenvalue weighted by Crippen LogP contribution is -2.29. The van der Waals surface area contributed by atoms with E-state index in [1.54, 1.807) is 6.33 Å². The van der Waals surface area contributed by atoms with Gasteiger partial charge in [-0.05, 0) is 19.3 Å². The third-order valence-corrected chi connectivity index (χ3v) is 4.20. The summed E-state index contributed by atoms with van der Waals surface area (Å²) in [6, 6.07) is 0.0503. The Morgan fingerprint density at radius 3 is 3.24 bits per heavy atom. The Balaban J connectivity index is 1.42. The van der Waals surface area contributed by atoms with Gasteiger partial charge in [-0.2, -0.15) is 4.98 Å². The van der Waals surface area contributed by atoms with E-state index in [1.807, 2.05) is 0 Å². The first-order valence-electron chi connectivity index (χ1n) is 7.57. The highest BCUT2D eigenvalue weighted by molar-refractivity contribution is 5.17. The number of nitrogens with zero attached hydrogens (tertiary/aromatic N) is 3. The molecule has 2 aliphatic rings. The van der Waals surface area contributed by atoms with E-state index in [4.69, 9.17) is 9.26 Å². The zero-order valence-corrected chi connectivity index (χ0v) is 11.8. The molecule has 0 radical (unpaired) electrons. The Bertz CT molecular complexity index is 602. The van der Waals surface area contributed by atoms with E-state index in [1.165, 1.54) is 6.42 Å². The van der Waals surface area contributed by atoms with Crippen molar-refractivity contribution in [2.45, 2.75) is 50.8 Å². The maximum Gasteiger partial charge on any atom is 0.244 e. The predicted molar refractivity (Wildman–Crippen MR) is 73.5 cm³/mol. The van der Waals surface area contributed by atoms with Crippen molar-refractivity contribution in [1.29, 1.82) is 0 Å². The Kier molecular flexibility index (Phi) is 3.44. The van der Waals surface area contributed by atoms with E-state index in [0.717, 1.165) is 56.0 Å². The number of fused-ring (bicyclic) bond motifs is 1. The molecule has 2 aliphatic heterocycles. The van der Waals surface area contributed by atoms with Crippen LogP contribution < -0.4 is 5.32 Å². The van der Waals surface area contributed by atoms with Crippen LogP contribution in [-0.2, 0) is 24.1 Å². The number of imidazole rings is 1. The summed E-state index contributed by atoms with van der Waals surface area (Å²) in [4.78, 5) is 12.0. The summed E-state index contributed by atoms with van der Waals surface area (Å²) in [5.74, 6) is 1.39. The fraction of sp³-hybridized carbons (Fsp3) is 0.643. The minimum absolute atomic E-state index is 0.0503. The summed E-state index contributed by atoms with van der Waals surface area (Å²) in [5, 5.41) is 7.49. The van der Waals surface area contributed by atoms with Gasteiger partial charge in [-0.15, -0.1) is 0 Å². The van der Waals surface area contributed by atoms with Crippen LogP contribution in [0.3, 0.4) is 0 Å². The van der Waals surface area contributed by atoms with Crippen LogP contribution in [0, 0.1) is 0 Å². The molecule has 2 aromatic rings. The molecule has 0 saturated carbocycles. The summed E-state index contributed by atoms with van der Waals surface area (Å²) in [5.41, 5.74) is 2.22. The molecule has 2 unspecified atom stereocenters. The fourth-order valence-electron chi connectivity index (χ4n) is 3.01. The van der Waals surface area contributed by atoms with Crippen LogP contribution in [0.4, 0.5) is 0 Å². The monoisotopic (exact) mass is 289 g/mol. The van der Waals surface area contributed by atoms with Crippen molar-refractivity contribution in [3.05, 3.63) is 29.4 Å². The van der Waals surface area contributed by atoms with E-state index in [2.05, 4.69) is 25.4 Å². The molecule has 0 bridgehead atoms. The number of aromatic nitrogens is 4. The molecule has 1 fully saturated rings. The predicted octanol–water partition coefficient (Wildman–Crippen LogP) is 1.29. The van der Waals surface area contributed by atoms with Gasteiger partial charge in [0.25, 0.3) is 0 Å². The summed E-state index contributed by atoms with van der Waals surface area (Å²) in [6.07, 6.45) is 6.95. The third-order valence-electron chi connectivity index (χ3n) is 4.20. The number of nitrogens with one attached hydrogen (secondary N) is 2. The summed E-state index contributed by atoms with van der Waals surface area (Å²) >= 11 is 0. The average Bonchev–Trinajstić information content (AvgIpc) is 3.16. The largest absolute Gasteiger partial charge is 0.378 e. The van der Waals surface area contributed by atoms with E-state index in [-0.39, 0.29) is 12.1 Å². The van der Waals surface area contributed by atoms with Crippen molar-refractivity contribution in [3.8, 4) is 0 Å². The molecule has 0 aromatic carbocycles. The van der Waals surface area contributed by atoms with Gasteiger partial charge in [0.15, 0.2) is 5.82 Å². The van der Waals surface area contributed by atoms with Gasteiger partial charge in [0.1, 0.15) is 0 Å². The number of aromatic amines is 1. The van der Waals surface area contributed by atoms with E-state index in [0.29, 0.717) is 5.89 Å². The van der Waals surface area contributed by atoms with Gasteiger partial charge in [0.2, 0.25) is 5.89 Å². The van der Waals surface area contributed by atoms with Crippen LogP contribution in [0.15, 0.2) is 10.9 Å². The number of rotatable bonds is 3. The molecule has 112 valence electrons. The smallest absolute Gasteiger partial charge is 0.244 e. The van der Waals surface area contributed by atoms with Crippen molar-refractivity contribution < 1.29 is 9.26 Å². The molecule has 21 heavy (non-hydrogen) atoms. The third kappa shape index (κ3) is 2.71. The van der Waals surface area contributed by atoms with Crippen molar-refractivity contribution in [2.75, 3.05) is 6.61 Å². The lowest BCUT2D eigenvalue weighted by Gasteiger charge is -2.21. The maximum atomic E-state index is 5.72. The van der Waals surface area contributed by atoms with Crippen LogP contribution in [0.1, 0.15) is 48.4 Å². The van der Waals surface area contributed by atoms with Gasteiger partial charge >= 0.3 is 0 Å². The highest BCUT2D eigenvalue weighted by Crippen LogP contribution is 2.23. The number of hydrogen-bond acceptors (Lipinski definition) is 6. The molecule has 7 nitrogen and oxygen atoms in total. The quantitative estimate of drug-likeness (QED) is 0.885. The summed E-state index contributed by atoms with van der Waals surface area (Å²) in [6.45, 7) is 1.60. The Morgan fingerprint density at radius 2 is 2.33 bits per heavy atom.